The standard InChI is InChI=1S/C43H50N10O6/c1-43(10-11-43)59-29-3-5-34-33(21-29)39(48-47-34)35-22-37(45-26-44-35)52-16-14-49(15-17-52)24-30-25-50(18-19-58-30)23-27-8-12-51(13-9-27)28-2-4-31-32(20-28)42(57)53(41(31)56)36-6-7-38(54)46-40(36)55/h2-5,20-22,26-27,30,36H,6-19,23-25H2,1H3,(H,47,48)(H,46,54,55)/t30-,36?/m1/s1. The maximum atomic E-state index is 13.4. The highest BCUT2D eigenvalue weighted by atomic mass is 16.5. The second-order valence-corrected chi connectivity index (χ2v) is 17.2. The first-order chi connectivity index (χ1) is 28.7. The number of ether oxygens (including phenoxy) is 2. The van der Waals surface area contributed by atoms with Gasteiger partial charge in [-0.3, -0.25) is 44.3 Å². The lowest BCUT2D eigenvalue weighted by molar-refractivity contribution is -0.136. The van der Waals surface area contributed by atoms with E-state index in [0.29, 0.717) is 17.0 Å². The van der Waals surface area contributed by atoms with Gasteiger partial charge < -0.3 is 19.3 Å². The number of amides is 4. The molecule has 6 aliphatic rings. The number of aromatic amines is 1. The van der Waals surface area contributed by atoms with Crippen LogP contribution < -0.4 is 19.9 Å². The molecule has 1 aliphatic carbocycles. The molecule has 7 heterocycles. The number of carbonyl (C=O) groups is 4. The molecule has 0 spiro atoms. The minimum atomic E-state index is -0.963. The highest BCUT2D eigenvalue weighted by molar-refractivity contribution is 6.23. The van der Waals surface area contributed by atoms with Gasteiger partial charge in [0.15, 0.2) is 0 Å². The summed E-state index contributed by atoms with van der Waals surface area (Å²) in [5.74, 6) is 0.401. The Hall–Kier alpha value is -5.45. The predicted octanol–water partition coefficient (Wildman–Crippen LogP) is 3.09. The molecule has 2 aromatic heterocycles. The van der Waals surface area contributed by atoms with E-state index < -0.39 is 23.8 Å². The predicted molar refractivity (Wildman–Crippen MR) is 218 cm³/mol. The van der Waals surface area contributed by atoms with Crippen molar-refractivity contribution in [3.05, 3.63) is 59.9 Å². The largest absolute Gasteiger partial charge is 0.488 e. The highest BCUT2D eigenvalue weighted by Crippen LogP contribution is 2.41. The van der Waals surface area contributed by atoms with E-state index in [4.69, 9.17) is 9.47 Å². The molecule has 1 saturated carbocycles. The molecule has 4 saturated heterocycles. The summed E-state index contributed by atoms with van der Waals surface area (Å²) >= 11 is 0. The van der Waals surface area contributed by atoms with E-state index in [1.807, 2.05) is 24.3 Å². The minimum absolute atomic E-state index is 0.0540. The summed E-state index contributed by atoms with van der Waals surface area (Å²) in [6.45, 7) is 12.0. The number of fused-ring (bicyclic) bond motifs is 2. The molecule has 4 amide bonds. The van der Waals surface area contributed by atoms with Gasteiger partial charge in [0.25, 0.3) is 11.8 Å². The smallest absolute Gasteiger partial charge is 0.262 e. The molecule has 2 atom stereocenters. The Morgan fingerprint density at radius 2 is 1.64 bits per heavy atom. The number of imide groups is 2. The van der Waals surface area contributed by atoms with Crippen molar-refractivity contribution < 1.29 is 28.7 Å². The third-order valence-electron chi connectivity index (χ3n) is 13.0. The number of piperidine rings is 2. The van der Waals surface area contributed by atoms with Gasteiger partial charge in [-0.25, -0.2) is 9.97 Å². The summed E-state index contributed by atoms with van der Waals surface area (Å²) < 4.78 is 12.5. The molecular weight excluding hydrogens is 753 g/mol. The average molecular weight is 803 g/mol. The number of rotatable bonds is 10. The van der Waals surface area contributed by atoms with Gasteiger partial charge in [0.05, 0.1) is 35.0 Å². The normalized spacial score (nSPS) is 24.2. The van der Waals surface area contributed by atoms with Gasteiger partial charge in [0.2, 0.25) is 11.8 Å². The fraction of sp³-hybridized carbons (Fsp3) is 0.512. The number of H-pyrrole nitrogens is 1. The summed E-state index contributed by atoms with van der Waals surface area (Å²) in [4.78, 5) is 70.6. The van der Waals surface area contributed by atoms with E-state index in [-0.39, 0.29) is 30.5 Å². The molecule has 1 unspecified atom stereocenters. The molecule has 308 valence electrons. The second-order valence-electron chi connectivity index (χ2n) is 17.2. The number of hydrogen-bond acceptors (Lipinski definition) is 13. The fourth-order valence-electron chi connectivity index (χ4n) is 9.36. The number of hydrogen-bond donors (Lipinski definition) is 2. The van der Waals surface area contributed by atoms with Gasteiger partial charge in [-0.1, -0.05) is 0 Å². The van der Waals surface area contributed by atoms with E-state index in [1.54, 1.807) is 18.5 Å². The lowest BCUT2D eigenvalue weighted by Crippen LogP contribution is -2.54. The molecule has 10 rings (SSSR count). The van der Waals surface area contributed by atoms with Gasteiger partial charge in [-0.05, 0) is 81.3 Å². The first-order valence-electron chi connectivity index (χ1n) is 21.1. The zero-order chi connectivity index (χ0) is 40.3. The quantitative estimate of drug-likeness (QED) is 0.225. The van der Waals surface area contributed by atoms with E-state index in [2.05, 4.69) is 58.1 Å². The van der Waals surface area contributed by atoms with Crippen LogP contribution in [-0.4, -0.2) is 148 Å². The van der Waals surface area contributed by atoms with Crippen molar-refractivity contribution >= 4 is 46.0 Å². The monoisotopic (exact) mass is 802 g/mol. The molecule has 2 N–H and O–H groups in total. The number of nitrogens with zero attached hydrogens (tertiary/aromatic N) is 8. The maximum absolute atomic E-state index is 13.4. The van der Waals surface area contributed by atoms with Crippen molar-refractivity contribution in [2.75, 3.05) is 81.9 Å². The van der Waals surface area contributed by atoms with Crippen molar-refractivity contribution in [2.24, 2.45) is 5.92 Å². The summed E-state index contributed by atoms with van der Waals surface area (Å²) in [6, 6.07) is 12.6. The summed E-state index contributed by atoms with van der Waals surface area (Å²) in [5.41, 5.74) is 4.03. The topological polar surface area (TPSA) is 169 Å². The van der Waals surface area contributed by atoms with E-state index in [0.717, 1.165) is 142 Å². The molecule has 4 aromatic rings. The Kier molecular flexibility index (Phi) is 9.80. The number of benzene rings is 2. The number of carbonyl (C=O) groups excluding carboxylic acids is 4. The Balaban J connectivity index is 0.692. The summed E-state index contributed by atoms with van der Waals surface area (Å²) in [6.07, 6.45) is 6.27. The van der Waals surface area contributed by atoms with Crippen LogP contribution in [0.15, 0.2) is 48.8 Å². The van der Waals surface area contributed by atoms with Gasteiger partial charge in [0.1, 0.15) is 35.2 Å². The Labute approximate surface area is 342 Å². The molecule has 59 heavy (non-hydrogen) atoms. The number of piperazine rings is 1. The van der Waals surface area contributed by atoms with Crippen molar-refractivity contribution in [1.82, 2.24) is 40.2 Å². The van der Waals surface area contributed by atoms with Crippen LogP contribution in [0.2, 0.25) is 0 Å². The number of aromatic nitrogens is 4. The van der Waals surface area contributed by atoms with Gasteiger partial charge in [0, 0.05) is 89.0 Å². The van der Waals surface area contributed by atoms with Crippen LogP contribution in [0.4, 0.5) is 11.5 Å². The van der Waals surface area contributed by atoms with Crippen LogP contribution in [0.3, 0.4) is 0 Å². The number of anilines is 2. The third-order valence-corrected chi connectivity index (χ3v) is 13.0. The van der Waals surface area contributed by atoms with Crippen molar-refractivity contribution in [3.63, 3.8) is 0 Å². The van der Waals surface area contributed by atoms with E-state index >= 15 is 0 Å². The second kappa shape index (κ2) is 15.3. The first kappa shape index (κ1) is 37.8. The van der Waals surface area contributed by atoms with Gasteiger partial charge in [-0.15, -0.1) is 0 Å². The van der Waals surface area contributed by atoms with E-state index in [1.165, 1.54) is 0 Å². The highest BCUT2D eigenvalue weighted by Gasteiger charge is 2.45. The molecule has 5 fully saturated rings. The third kappa shape index (κ3) is 7.64. The lowest BCUT2D eigenvalue weighted by Gasteiger charge is -2.41. The maximum Gasteiger partial charge on any atom is 0.262 e. The molecule has 0 radical (unpaired) electrons. The van der Waals surface area contributed by atoms with Crippen LogP contribution in [0.1, 0.15) is 66.2 Å². The molecule has 16 nitrogen and oxygen atoms in total. The van der Waals surface area contributed by atoms with Crippen LogP contribution in [0.5, 0.6) is 5.75 Å². The molecule has 0 bridgehead atoms. The van der Waals surface area contributed by atoms with Crippen LogP contribution in [0.25, 0.3) is 22.3 Å². The average Bonchev–Trinajstić information content (AvgIpc) is 3.73. The first-order valence-corrected chi connectivity index (χ1v) is 21.1. The zero-order valence-corrected chi connectivity index (χ0v) is 33.4. The zero-order valence-electron chi connectivity index (χ0n) is 33.4. The SMILES string of the molecule is CC1(Oc2ccc3[nH]nc(-c4cc(N5CCN(C[C@@H]6CN(CC7CCN(c8ccc9c(c8)C(=O)N(C8CCC(=O)NC8=O)C9=O)CC7)CCO6)CC5)ncn4)c3c2)CC1. The van der Waals surface area contributed by atoms with Gasteiger partial charge in [-0.2, -0.15) is 5.10 Å². The van der Waals surface area contributed by atoms with Crippen LogP contribution in [0, 0.1) is 5.92 Å². The van der Waals surface area contributed by atoms with Crippen molar-refractivity contribution in [3.8, 4) is 17.1 Å². The van der Waals surface area contributed by atoms with Crippen molar-refractivity contribution in [2.45, 2.75) is 63.2 Å². The molecular formula is C43H50N10O6. The number of nitrogens with one attached hydrogen (secondary N) is 2. The van der Waals surface area contributed by atoms with E-state index in [9.17, 15) is 19.2 Å². The number of morpholine rings is 1. The van der Waals surface area contributed by atoms with Crippen LogP contribution in [-0.2, 0) is 14.3 Å². The summed E-state index contributed by atoms with van der Waals surface area (Å²) in [5, 5.41) is 11.0. The molecule has 5 aliphatic heterocycles. The lowest BCUT2D eigenvalue weighted by atomic mass is 9.95. The molecule has 2 aromatic carbocycles. The van der Waals surface area contributed by atoms with Crippen LogP contribution >= 0.6 is 0 Å². The van der Waals surface area contributed by atoms with Crippen molar-refractivity contribution in [1.29, 1.82) is 0 Å². The molecule has 16 heteroatoms. The van der Waals surface area contributed by atoms with Gasteiger partial charge >= 0.3 is 0 Å². The minimum Gasteiger partial charge on any atom is -0.488 e. The fourth-order valence-corrected chi connectivity index (χ4v) is 9.36. The Bertz CT molecular complexity index is 2290. The Morgan fingerprint density at radius 3 is 2.44 bits per heavy atom. The summed E-state index contributed by atoms with van der Waals surface area (Å²) in [7, 11) is 0. The Morgan fingerprint density at radius 1 is 0.831 bits per heavy atom.